The standard InChI is InChI=1S/C14H9ClINO4/c15-7-1-4-12(18)10(5-7)13(19)17-11-3-2-8(16)6-9(11)14(20)21/h1-6,18H,(H,17,19)(H,20,21). The van der Waals surface area contributed by atoms with Crippen LogP contribution in [0.25, 0.3) is 0 Å². The fourth-order valence-electron chi connectivity index (χ4n) is 1.68. The second-order valence-corrected chi connectivity index (χ2v) is 5.79. The van der Waals surface area contributed by atoms with Crippen LogP contribution in [0.15, 0.2) is 36.4 Å². The van der Waals surface area contributed by atoms with Crippen molar-refractivity contribution in [1.82, 2.24) is 0 Å². The van der Waals surface area contributed by atoms with E-state index in [0.29, 0.717) is 5.02 Å². The number of phenols is 1. The topological polar surface area (TPSA) is 86.6 Å². The van der Waals surface area contributed by atoms with E-state index < -0.39 is 11.9 Å². The molecule has 0 aliphatic rings. The number of hydrogen-bond acceptors (Lipinski definition) is 3. The smallest absolute Gasteiger partial charge is 0.337 e. The zero-order chi connectivity index (χ0) is 15.6. The summed E-state index contributed by atoms with van der Waals surface area (Å²) in [6, 6.07) is 8.64. The number of halogens is 2. The van der Waals surface area contributed by atoms with Gasteiger partial charge in [-0.2, -0.15) is 0 Å². The Balaban J connectivity index is 2.36. The molecule has 0 heterocycles. The van der Waals surface area contributed by atoms with E-state index in [1.165, 1.54) is 30.3 Å². The van der Waals surface area contributed by atoms with E-state index in [1.807, 2.05) is 22.6 Å². The Bertz CT molecular complexity index is 733. The summed E-state index contributed by atoms with van der Waals surface area (Å²) in [6.45, 7) is 0. The summed E-state index contributed by atoms with van der Waals surface area (Å²) < 4.78 is 0.730. The zero-order valence-corrected chi connectivity index (χ0v) is 13.3. The van der Waals surface area contributed by atoms with E-state index in [0.717, 1.165) is 3.57 Å². The van der Waals surface area contributed by atoms with Crippen LogP contribution in [-0.2, 0) is 0 Å². The molecule has 7 heteroatoms. The second kappa shape index (κ2) is 6.31. The van der Waals surface area contributed by atoms with E-state index >= 15 is 0 Å². The number of nitrogens with one attached hydrogen (secondary N) is 1. The molecule has 5 nitrogen and oxygen atoms in total. The van der Waals surface area contributed by atoms with Gasteiger partial charge in [-0.3, -0.25) is 4.79 Å². The van der Waals surface area contributed by atoms with E-state index in [2.05, 4.69) is 5.32 Å². The Labute approximate surface area is 138 Å². The van der Waals surface area contributed by atoms with Gasteiger partial charge >= 0.3 is 5.97 Å². The predicted molar refractivity (Wildman–Crippen MR) is 87.2 cm³/mol. The fraction of sp³-hybridized carbons (Fsp3) is 0. The van der Waals surface area contributed by atoms with Gasteiger partial charge in [-0.15, -0.1) is 0 Å². The zero-order valence-electron chi connectivity index (χ0n) is 10.4. The molecule has 0 aliphatic carbocycles. The molecule has 3 N–H and O–H groups in total. The average molecular weight is 418 g/mol. The van der Waals surface area contributed by atoms with Crippen molar-refractivity contribution in [2.45, 2.75) is 0 Å². The molecule has 2 rings (SSSR count). The number of carbonyl (C=O) groups excluding carboxylic acids is 1. The SMILES string of the molecule is O=C(Nc1ccc(I)cc1C(=O)O)c1cc(Cl)ccc1O. The summed E-state index contributed by atoms with van der Waals surface area (Å²) in [4.78, 5) is 23.3. The van der Waals surface area contributed by atoms with Crippen molar-refractivity contribution in [3.05, 3.63) is 56.1 Å². The number of benzene rings is 2. The molecular weight excluding hydrogens is 409 g/mol. The van der Waals surface area contributed by atoms with Gasteiger partial charge in [-0.25, -0.2) is 4.79 Å². The van der Waals surface area contributed by atoms with Gasteiger partial charge in [0.05, 0.1) is 16.8 Å². The van der Waals surface area contributed by atoms with E-state index in [9.17, 15) is 14.7 Å². The molecule has 0 aliphatic heterocycles. The monoisotopic (exact) mass is 417 g/mol. The van der Waals surface area contributed by atoms with Gasteiger partial charge in [0, 0.05) is 8.59 Å². The number of aromatic carboxylic acids is 1. The lowest BCUT2D eigenvalue weighted by Gasteiger charge is -2.10. The number of phenolic OH excluding ortho intramolecular Hbond substituents is 1. The third-order valence-corrected chi connectivity index (χ3v) is 3.57. The van der Waals surface area contributed by atoms with Gasteiger partial charge in [0.15, 0.2) is 0 Å². The number of carboxylic acids is 1. The molecule has 0 unspecified atom stereocenters. The highest BCUT2D eigenvalue weighted by molar-refractivity contribution is 14.1. The van der Waals surface area contributed by atoms with Crippen molar-refractivity contribution in [3.8, 4) is 5.75 Å². The van der Waals surface area contributed by atoms with Crippen LogP contribution in [0.5, 0.6) is 5.75 Å². The van der Waals surface area contributed by atoms with Gasteiger partial charge in [0.2, 0.25) is 0 Å². The predicted octanol–water partition coefficient (Wildman–Crippen LogP) is 3.60. The Morgan fingerprint density at radius 3 is 2.48 bits per heavy atom. The summed E-state index contributed by atoms with van der Waals surface area (Å²) >= 11 is 7.76. The van der Waals surface area contributed by atoms with Crippen LogP contribution < -0.4 is 5.32 Å². The molecule has 2 aromatic carbocycles. The van der Waals surface area contributed by atoms with Crippen LogP contribution in [0.2, 0.25) is 5.02 Å². The summed E-state index contributed by atoms with van der Waals surface area (Å²) in [6.07, 6.45) is 0. The normalized spacial score (nSPS) is 10.2. The first-order valence-electron chi connectivity index (χ1n) is 5.71. The maximum Gasteiger partial charge on any atom is 0.337 e. The maximum atomic E-state index is 12.1. The summed E-state index contributed by atoms with van der Waals surface area (Å²) in [5.74, 6) is -2.03. The Hall–Kier alpha value is -1.80. The molecule has 0 bridgehead atoms. The van der Waals surface area contributed by atoms with Gasteiger partial charge < -0.3 is 15.5 Å². The molecule has 108 valence electrons. The van der Waals surface area contributed by atoms with Crippen LogP contribution in [0.4, 0.5) is 5.69 Å². The number of carbonyl (C=O) groups is 2. The lowest BCUT2D eigenvalue weighted by Crippen LogP contribution is -2.15. The van der Waals surface area contributed by atoms with Crippen molar-refractivity contribution in [1.29, 1.82) is 0 Å². The maximum absolute atomic E-state index is 12.1. The minimum absolute atomic E-state index is 0.0302. The second-order valence-electron chi connectivity index (χ2n) is 4.11. The number of carboxylic acid groups (broad SMARTS) is 1. The lowest BCUT2D eigenvalue weighted by molar-refractivity contribution is 0.0698. The highest BCUT2D eigenvalue weighted by atomic mass is 127. The minimum atomic E-state index is -1.15. The highest BCUT2D eigenvalue weighted by Gasteiger charge is 2.16. The van der Waals surface area contributed by atoms with Crippen molar-refractivity contribution < 1.29 is 19.8 Å². The number of aromatic hydroxyl groups is 1. The molecule has 0 saturated carbocycles. The highest BCUT2D eigenvalue weighted by Crippen LogP contribution is 2.24. The Morgan fingerprint density at radius 1 is 1.10 bits per heavy atom. The van der Waals surface area contributed by atoms with Crippen molar-refractivity contribution in [2.75, 3.05) is 5.32 Å². The number of anilines is 1. The van der Waals surface area contributed by atoms with E-state index in [-0.39, 0.29) is 22.6 Å². The lowest BCUT2D eigenvalue weighted by atomic mass is 10.1. The molecule has 1 amide bonds. The van der Waals surface area contributed by atoms with E-state index in [4.69, 9.17) is 16.7 Å². The Kier molecular flexibility index (Phi) is 4.69. The van der Waals surface area contributed by atoms with E-state index in [1.54, 1.807) is 6.07 Å². The number of amides is 1. The first kappa shape index (κ1) is 15.6. The molecule has 21 heavy (non-hydrogen) atoms. The molecule has 0 fully saturated rings. The molecule has 0 atom stereocenters. The van der Waals surface area contributed by atoms with Crippen molar-refractivity contribution >= 4 is 51.8 Å². The van der Waals surface area contributed by atoms with Gasteiger partial charge in [-0.1, -0.05) is 11.6 Å². The quantitative estimate of drug-likeness (QED) is 0.666. The van der Waals surface area contributed by atoms with Crippen LogP contribution >= 0.6 is 34.2 Å². The van der Waals surface area contributed by atoms with Crippen molar-refractivity contribution in [3.63, 3.8) is 0 Å². The molecule has 0 spiro atoms. The summed E-state index contributed by atoms with van der Waals surface area (Å²) in [5, 5.41) is 21.6. The van der Waals surface area contributed by atoms with Crippen LogP contribution in [-0.4, -0.2) is 22.1 Å². The van der Waals surface area contributed by atoms with Crippen LogP contribution in [0.1, 0.15) is 20.7 Å². The van der Waals surface area contributed by atoms with Crippen molar-refractivity contribution in [2.24, 2.45) is 0 Å². The van der Waals surface area contributed by atoms with Gasteiger partial charge in [-0.05, 0) is 59.0 Å². The average Bonchev–Trinajstić information content (AvgIpc) is 2.43. The van der Waals surface area contributed by atoms with Crippen LogP contribution in [0.3, 0.4) is 0 Å². The summed E-state index contributed by atoms with van der Waals surface area (Å²) in [5.41, 5.74) is 0.0847. The third-order valence-electron chi connectivity index (χ3n) is 2.66. The largest absolute Gasteiger partial charge is 0.507 e. The molecule has 2 aromatic rings. The minimum Gasteiger partial charge on any atom is -0.507 e. The number of rotatable bonds is 3. The number of hydrogen-bond donors (Lipinski definition) is 3. The molecule has 0 saturated heterocycles. The van der Waals surface area contributed by atoms with Crippen LogP contribution in [0, 0.1) is 3.57 Å². The first-order valence-corrected chi connectivity index (χ1v) is 7.17. The Morgan fingerprint density at radius 2 is 1.81 bits per heavy atom. The molecular formula is C14H9ClINO4. The molecule has 0 radical (unpaired) electrons. The molecule has 0 aromatic heterocycles. The van der Waals surface area contributed by atoms with Gasteiger partial charge in [0.25, 0.3) is 5.91 Å². The first-order chi connectivity index (χ1) is 9.88. The van der Waals surface area contributed by atoms with Gasteiger partial charge in [0.1, 0.15) is 5.75 Å². The summed E-state index contributed by atoms with van der Waals surface area (Å²) in [7, 11) is 0. The fourth-order valence-corrected chi connectivity index (χ4v) is 2.35. The third kappa shape index (κ3) is 3.64.